The number of allylic oxidation sites excluding steroid dienone is 1. The van der Waals surface area contributed by atoms with Crippen molar-refractivity contribution in [1.29, 1.82) is 0 Å². The predicted octanol–water partition coefficient (Wildman–Crippen LogP) is 1.41. The van der Waals surface area contributed by atoms with Crippen molar-refractivity contribution >= 4 is 23.2 Å². The third-order valence-electron chi connectivity index (χ3n) is 2.48. The first-order valence-electron chi connectivity index (χ1n) is 5.40. The minimum Gasteiger partial charge on any atom is -0.494 e. The van der Waals surface area contributed by atoms with Crippen molar-refractivity contribution in [2.75, 3.05) is 7.11 Å². The number of methoxy groups -OCH3 is 1. The van der Waals surface area contributed by atoms with Gasteiger partial charge >= 0.3 is 0 Å². The molecule has 0 aliphatic heterocycles. The van der Waals surface area contributed by atoms with E-state index < -0.39 is 0 Å². The molecule has 0 amide bonds. The molecule has 0 bridgehead atoms. The summed E-state index contributed by atoms with van der Waals surface area (Å²) >= 11 is 0. The first-order chi connectivity index (χ1) is 8.30. The topological polar surface area (TPSA) is 35.0 Å². The lowest BCUT2D eigenvalue weighted by molar-refractivity contribution is 0.418. The van der Waals surface area contributed by atoms with Crippen LogP contribution in [0.25, 0.3) is 23.2 Å². The van der Waals surface area contributed by atoms with Crippen molar-refractivity contribution in [2.24, 2.45) is 0 Å². The lowest BCUT2D eigenvalue weighted by atomic mass is 10.2. The van der Waals surface area contributed by atoms with Crippen molar-refractivity contribution < 1.29 is 4.74 Å². The number of hydrogen-bond acceptors (Lipinski definition) is 3. The Morgan fingerprint density at radius 1 is 1.24 bits per heavy atom. The Balaban J connectivity index is 2.93. The van der Waals surface area contributed by atoms with Gasteiger partial charge in [0.1, 0.15) is 11.3 Å². The van der Waals surface area contributed by atoms with E-state index in [1.165, 1.54) is 0 Å². The number of fused-ring (bicyclic) bond motifs is 1. The van der Waals surface area contributed by atoms with E-state index in [-0.39, 0.29) is 0 Å². The van der Waals surface area contributed by atoms with Gasteiger partial charge in [-0.1, -0.05) is 24.8 Å². The SMILES string of the molecule is C=C/C=c1/nc2cccc(OC)c2n/c1=C/C. The van der Waals surface area contributed by atoms with Gasteiger partial charge in [0, 0.05) is 0 Å². The molecular formula is C14H14N2O. The van der Waals surface area contributed by atoms with Crippen LogP contribution >= 0.6 is 0 Å². The summed E-state index contributed by atoms with van der Waals surface area (Å²) in [5, 5.41) is 1.66. The number of para-hydroxylation sites is 1. The first-order valence-corrected chi connectivity index (χ1v) is 5.40. The van der Waals surface area contributed by atoms with Gasteiger partial charge in [-0.25, -0.2) is 9.97 Å². The Labute approximate surface area is 99.8 Å². The van der Waals surface area contributed by atoms with Crippen molar-refractivity contribution in [3.63, 3.8) is 0 Å². The third kappa shape index (κ3) is 2.04. The van der Waals surface area contributed by atoms with Crippen molar-refractivity contribution in [3.8, 4) is 5.75 Å². The molecule has 3 nitrogen and oxygen atoms in total. The van der Waals surface area contributed by atoms with Gasteiger partial charge in [0.25, 0.3) is 0 Å². The van der Waals surface area contributed by atoms with Gasteiger partial charge in [-0.3, -0.25) is 0 Å². The zero-order valence-electron chi connectivity index (χ0n) is 9.97. The molecule has 0 N–H and O–H groups in total. The van der Waals surface area contributed by atoms with Crippen molar-refractivity contribution in [1.82, 2.24) is 9.97 Å². The van der Waals surface area contributed by atoms with Crippen LogP contribution in [0.4, 0.5) is 0 Å². The van der Waals surface area contributed by atoms with Gasteiger partial charge in [-0.15, -0.1) is 0 Å². The minimum atomic E-state index is 0.739. The van der Waals surface area contributed by atoms with Crippen LogP contribution in [-0.2, 0) is 0 Å². The number of benzene rings is 1. The highest BCUT2D eigenvalue weighted by molar-refractivity contribution is 5.80. The van der Waals surface area contributed by atoms with E-state index in [0.717, 1.165) is 27.5 Å². The molecule has 0 unspecified atom stereocenters. The molecule has 0 aliphatic rings. The van der Waals surface area contributed by atoms with E-state index in [2.05, 4.69) is 16.5 Å². The number of hydrogen-bond donors (Lipinski definition) is 0. The summed E-state index contributed by atoms with van der Waals surface area (Å²) in [6, 6.07) is 5.71. The van der Waals surface area contributed by atoms with Crippen LogP contribution in [0, 0.1) is 0 Å². The molecule has 0 radical (unpaired) electrons. The maximum absolute atomic E-state index is 5.28. The van der Waals surface area contributed by atoms with Gasteiger partial charge in [0.05, 0.1) is 23.3 Å². The van der Waals surface area contributed by atoms with Crippen LogP contribution in [0.5, 0.6) is 5.75 Å². The smallest absolute Gasteiger partial charge is 0.146 e. The first kappa shape index (κ1) is 11.3. The summed E-state index contributed by atoms with van der Waals surface area (Å²) in [7, 11) is 1.63. The normalized spacial score (nSPS) is 13.1. The zero-order valence-corrected chi connectivity index (χ0v) is 9.97. The number of ether oxygens (including phenoxy) is 1. The van der Waals surface area contributed by atoms with E-state index >= 15 is 0 Å². The Bertz CT molecular complexity index is 674. The Morgan fingerprint density at radius 2 is 2.06 bits per heavy atom. The molecular weight excluding hydrogens is 212 g/mol. The van der Waals surface area contributed by atoms with Gasteiger partial charge < -0.3 is 4.74 Å². The molecule has 0 saturated carbocycles. The van der Waals surface area contributed by atoms with Crippen LogP contribution in [-0.4, -0.2) is 17.1 Å². The molecule has 0 aliphatic carbocycles. The molecule has 1 aromatic carbocycles. The molecule has 0 spiro atoms. The number of aromatic nitrogens is 2. The highest BCUT2D eigenvalue weighted by Crippen LogP contribution is 2.19. The fourth-order valence-electron chi connectivity index (χ4n) is 1.69. The maximum Gasteiger partial charge on any atom is 0.146 e. The molecule has 0 fully saturated rings. The second kappa shape index (κ2) is 4.78. The zero-order chi connectivity index (χ0) is 12.3. The van der Waals surface area contributed by atoms with Crippen LogP contribution in [0.2, 0.25) is 0 Å². The van der Waals surface area contributed by atoms with Crippen LogP contribution in [0.15, 0.2) is 30.9 Å². The van der Waals surface area contributed by atoms with E-state index in [4.69, 9.17) is 4.74 Å². The van der Waals surface area contributed by atoms with Gasteiger partial charge in [-0.2, -0.15) is 0 Å². The molecule has 2 rings (SSSR count). The Kier molecular flexibility index (Phi) is 3.19. The quantitative estimate of drug-likeness (QED) is 0.776. The second-order valence-electron chi connectivity index (χ2n) is 3.51. The highest BCUT2D eigenvalue weighted by Gasteiger charge is 2.03. The maximum atomic E-state index is 5.28. The average molecular weight is 226 g/mol. The van der Waals surface area contributed by atoms with E-state index in [0.29, 0.717) is 0 Å². The molecule has 2 aromatic rings. The Hall–Kier alpha value is -2.16. The van der Waals surface area contributed by atoms with Crippen LogP contribution in [0.3, 0.4) is 0 Å². The van der Waals surface area contributed by atoms with E-state index in [1.54, 1.807) is 13.2 Å². The summed E-state index contributed by atoms with van der Waals surface area (Å²) < 4.78 is 5.28. The lowest BCUT2D eigenvalue weighted by Crippen LogP contribution is -2.31. The summed E-state index contributed by atoms with van der Waals surface area (Å²) in [5.41, 5.74) is 1.60. The third-order valence-corrected chi connectivity index (χ3v) is 2.48. The predicted molar refractivity (Wildman–Crippen MR) is 70.1 cm³/mol. The molecule has 3 heteroatoms. The fourth-order valence-corrected chi connectivity index (χ4v) is 1.69. The van der Waals surface area contributed by atoms with E-state index in [9.17, 15) is 0 Å². The fraction of sp³-hybridized carbons (Fsp3) is 0.143. The summed E-state index contributed by atoms with van der Waals surface area (Å²) in [5.74, 6) is 0.739. The minimum absolute atomic E-state index is 0.739. The molecule has 86 valence electrons. The Morgan fingerprint density at radius 3 is 2.71 bits per heavy atom. The molecule has 0 atom stereocenters. The average Bonchev–Trinajstić information content (AvgIpc) is 2.37. The largest absolute Gasteiger partial charge is 0.494 e. The standard InChI is InChI=1S/C14H14N2O/c1-4-7-11-10(5-2)16-14-12(15-11)8-6-9-13(14)17-3/h4-9H,1H2,2-3H3/b10-5+,11-7+. The number of rotatable bonds is 2. The molecule has 1 aromatic heterocycles. The van der Waals surface area contributed by atoms with Crippen LogP contribution < -0.4 is 15.4 Å². The molecule has 17 heavy (non-hydrogen) atoms. The van der Waals surface area contributed by atoms with Gasteiger partial charge in [0.2, 0.25) is 0 Å². The van der Waals surface area contributed by atoms with Crippen LogP contribution in [0.1, 0.15) is 6.92 Å². The summed E-state index contributed by atoms with van der Waals surface area (Å²) in [6.45, 7) is 5.62. The van der Waals surface area contributed by atoms with E-state index in [1.807, 2.05) is 37.3 Å². The van der Waals surface area contributed by atoms with Crippen molar-refractivity contribution in [3.05, 3.63) is 41.6 Å². The summed E-state index contributed by atoms with van der Waals surface area (Å²) in [6.07, 6.45) is 5.48. The second-order valence-corrected chi connectivity index (χ2v) is 3.51. The van der Waals surface area contributed by atoms with Crippen molar-refractivity contribution in [2.45, 2.75) is 6.92 Å². The highest BCUT2D eigenvalue weighted by atomic mass is 16.5. The lowest BCUT2D eigenvalue weighted by Gasteiger charge is -2.03. The molecule has 1 heterocycles. The summed E-state index contributed by atoms with van der Waals surface area (Å²) in [4.78, 5) is 9.10. The number of nitrogens with zero attached hydrogens (tertiary/aromatic N) is 2. The van der Waals surface area contributed by atoms with Gasteiger partial charge in [0.15, 0.2) is 0 Å². The molecule has 0 saturated heterocycles. The monoisotopic (exact) mass is 226 g/mol. The van der Waals surface area contributed by atoms with Gasteiger partial charge in [-0.05, 0) is 25.1 Å².